The Bertz CT molecular complexity index is 247. The van der Waals surface area contributed by atoms with Gasteiger partial charge in [0.1, 0.15) is 0 Å². The van der Waals surface area contributed by atoms with Gasteiger partial charge in [0.05, 0.1) is 11.2 Å². The van der Waals surface area contributed by atoms with Crippen LogP contribution in [0.2, 0.25) is 0 Å². The van der Waals surface area contributed by atoms with Gasteiger partial charge in [-0.1, -0.05) is 6.08 Å². The van der Waals surface area contributed by atoms with Crippen LogP contribution in [0.25, 0.3) is 0 Å². The summed E-state index contributed by atoms with van der Waals surface area (Å²) in [6, 6.07) is 0. The molecule has 2 aliphatic carbocycles. The fourth-order valence-corrected chi connectivity index (χ4v) is 3.49. The molecule has 4 atom stereocenters. The minimum Gasteiger partial charge on any atom is -0.390 e. The maximum atomic E-state index is 10.2. The number of fused-ring (bicyclic) bond motifs is 1. The molecule has 0 aromatic rings. The van der Waals surface area contributed by atoms with Crippen molar-refractivity contribution in [3.63, 3.8) is 0 Å². The molecule has 2 nitrogen and oxygen atoms in total. The summed E-state index contributed by atoms with van der Waals surface area (Å²) in [4.78, 5) is 0. The van der Waals surface area contributed by atoms with Gasteiger partial charge in [0.2, 0.25) is 0 Å². The van der Waals surface area contributed by atoms with Crippen molar-refractivity contribution >= 4 is 0 Å². The molecule has 1 N–H and O–H groups in total. The van der Waals surface area contributed by atoms with Gasteiger partial charge in [-0.05, 0) is 38.5 Å². The Hall–Kier alpha value is -0.340. The highest BCUT2D eigenvalue weighted by Gasteiger charge is 2.74. The summed E-state index contributed by atoms with van der Waals surface area (Å²) < 4.78 is 5.62. The first-order valence-electron chi connectivity index (χ1n) is 5.47. The van der Waals surface area contributed by atoms with E-state index in [4.69, 9.17) is 4.74 Å². The largest absolute Gasteiger partial charge is 0.390 e. The number of hydrogen-bond donors (Lipinski definition) is 1. The molecular formula is C12H20O2. The van der Waals surface area contributed by atoms with E-state index in [1.807, 2.05) is 13.0 Å². The van der Waals surface area contributed by atoms with Crippen molar-refractivity contribution in [2.24, 2.45) is 11.8 Å². The number of hydrogen-bond acceptors (Lipinski definition) is 2. The van der Waals surface area contributed by atoms with Crippen LogP contribution < -0.4 is 0 Å². The Morgan fingerprint density at radius 2 is 2.29 bits per heavy atom. The second-order valence-corrected chi connectivity index (χ2v) is 4.97. The molecule has 2 rings (SSSR count). The quantitative estimate of drug-likeness (QED) is 0.698. The first-order valence-corrected chi connectivity index (χ1v) is 5.47. The monoisotopic (exact) mass is 196 g/mol. The van der Waals surface area contributed by atoms with Crippen molar-refractivity contribution in [2.45, 2.75) is 43.8 Å². The van der Waals surface area contributed by atoms with Gasteiger partial charge < -0.3 is 9.84 Å². The van der Waals surface area contributed by atoms with E-state index in [1.54, 1.807) is 7.11 Å². The lowest BCUT2D eigenvalue weighted by Gasteiger charge is -2.19. The lowest BCUT2D eigenvalue weighted by Crippen LogP contribution is -2.25. The van der Waals surface area contributed by atoms with Crippen molar-refractivity contribution in [2.75, 3.05) is 7.11 Å². The molecule has 0 spiro atoms. The Labute approximate surface area is 86.0 Å². The molecule has 14 heavy (non-hydrogen) atoms. The molecule has 0 bridgehead atoms. The molecule has 2 heteroatoms. The zero-order valence-electron chi connectivity index (χ0n) is 9.12. The van der Waals surface area contributed by atoms with Crippen LogP contribution in [-0.2, 0) is 4.74 Å². The fourth-order valence-electron chi connectivity index (χ4n) is 3.49. The molecule has 0 radical (unpaired) electrons. The van der Waals surface area contributed by atoms with E-state index in [9.17, 15) is 5.11 Å². The van der Waals surface area contributed by atoms with Gasteiger partial charge >= 0.3 is 0 Å². The SMILES string of the molecule is C=CCC[C@@H]1[C@H]2[C@]1(OC)CC[C@]2(C)O. The molecule has 0 aromatic carbocycles. The average Bonchev–Trinajstić information content (AvgIpc) is 2.73. The smallest absolute Gasteiger partial charge is 0.0771 e. The maximum Gasteiger partial charge on any atom is 0.0771 e. The molecule has 80 valence electrons. The molecular weight excluding hydrogens is 176 g/mol. The maximum absolute atomic E-state index is 10.2. The molecule has 0 heterocycles. The van der Waals surface area contributed by atoms with E-state index in [0.29, 0.717) is 11.8 Å². The third-order valence-corrected chi connectivity index (χ3v) is 4.20. The summed E-state index contributed by atoms with van der Waals surface area (Å²) in [6.07, 6.45) is 5.99. The molecule has 0 unspecified atom stereocenters. The van der Waals surface area contributed by atoms with Crippen molar-refractivity contribution < 1.29 is 9.84 Å². The van der Waals surface area contributed by atoms with Crippen molar-refractivity contribution in [3.05, 3.63) is 12.7 Å². The van der Waals surface area contributed by atoms with Gasteiger partial charge in [0, 0.05) is 13.0 Å². The van der Waals surface area contributed by atoms with E-state index in [0.717, 1.165) is 25.7 Å². The van der Waals surface area contributed by atoms with Crippen LogP contribution >= 0.6 is 0 Å². The Morgan fingerprint density at radius 3 is 2.79 bits per heavy atom. The number of allylic oxidation sites excluding steroid dienone is 1. The molecule has 0 aromatic heterocycles. The van der Waals surface area contributed by atoms with Crippen molar-refractivity contribution in [3.8, 4) is 0 Å². The highest BCUT2D eigenvalue weighted by molar-refractivity contribution is 5.24. The van der Waals surface area contributed by atoms with E-state index in [1.165, 1.54) is 0 Å². The number of ether oxygens (including phenoxy) is 1. The van der Waals surface area contributed by atoms with Crippen molar-refractivity contribution in [1.82, 2.24) is 0 Å². The topological polar surface area (TPSA) is 29.5 Å². The molecule has 0 aliphatic heterocycles. The highest BCUT2D eigenvalue weighted by Crippen LogP contribution is 2.68. The molecule has 2 saturated carbocycles. The van der Waals surface area contributed by atoms with Gasteiger partial charge in [-0.25, -0.2) is 0 Å². The van der Waals surface area contributed by atoms with Gasteiger partial charge in [-0.2, -0.15) is 0 Å². The highest BCUT2D eigenvalue weighted by atomic mass is 16.5. The first kappa shape index (κ1) is 10.2. The van der Waals surface area contributed by atoms with E-state index in [2.05, 4.69) is 6.58 Å². The Balaban J connectivity index is 2.06. The summed E-state index contributed by atoms with van der Waals surface area (Å²) >= 11 is 0. The predicted octanol–water partition coefficient (Wildman–Crippen LogP) is 2.13. The second kappa shape index (κ2) is 3.07. The van der Waals surface area contributed by atoms with Crippen LogP contribution in [0.3, 0.4) is 0 Å². The van der Waals surface area contributed by atoms with E-state index < -0.39 is 5.60 Å². The summed E-state index contributed by atoms with van der Waals surface area (Å²) in [7, 11) is 1.78. The first-order chi connectivity index (χ1) is 6.58. The van der Waals surface area contributed by atoms with Crippen LogP contribution in [0, 0.1) is 11.8 Å². The zero-order valence-corrected chi connectivity index (χ0v) is 9.12. The molecule has 0 saturated heterocycles. The van der Waals surface area contributed by atoms with Gasteiger partial charge in [-0.15, -0.1) is 6.58 Å². The lowest BCUT2D eigenvalue weighted by atomic mass is 9.95. The zero-order chi connectivity index (χ0) is 10.4. The van der Waals surface area contributed by atoms with E-state index >= 15 is 0 Å². The van der Waals surface area contributed by atoms with Crippen LogP contribution in [-0.4, -0.2) is 23.4 Å². The average molecular weight is 196 g/mol. The minimum absolute atomic E-state index is 0.00646. The summed E-state index contributed by atoms with van der Waals surface area (Å²) in [6.45, 7) is 5.69. The number of methoxy groups -OCH3 is 1. The third-order valence-electron chi connectivity index (χ3n) is 4.20. The van der Waals surface area contributed by atoms with Gasteiger partial charge in [-0.3, -0.25) is 0 Å². The second-order valence-electron chi connectivity index (χ2n) is 4.97. The number of rotatable bonds is 4. The fraction of sp³-hybridized carbons (Fsp3) is 0.833. The third kappa shape index (κ3) is 1.17. The predicted molar refractivity (Wildman–Crippen MR) is 56.0 cm³/mol. The molecule has 2 aliphatic rings. The summed E-state index contributed by atoms with van der Waals surface area (Å²) in [5.41, 5.74) is -0.492. The van der Waals surface area contributed by atoms with E-state index in [-0.39, 0.29) is 5.60 Å². The van der Waals surface area contributed by atoms with Crippen LogP contribution in [0.15, 0.2) is 12.7 Å². The van der Waals surface area contributed by atoms with Crippen LogP contribution in [0.1, 0.15) is 32.6 Å². The Kier molecular flexibility index (Phi) is 2.24. The molecule has 2 fully saturated rings. The number of aliphatic hydroxyl groups is 1. The van der Waals surface area contributed by atoms with Gasteiger partial charge in [0.25, 0.3) is 0 Å². The van der Waals surface area contributed by atoms with Crippen LogP contribution in [0.4, 0.5) is 0 Å². The van der Waals surface area contributed by atoms with Gasteiger partial charge in [0.15, 0.2) is 0 Å². The minimum atomic E-state index is -0.498. The summed E-state index contributed by atoms with van der Waals surface area (Å²) in [5, 5.41) is 10.2. The standard InChI is InChI=1S/C12H20O2/c1-4-5-6-9-10-11(2,13)7-8-12(9,10)14-3/h4,9-10,13H,1,5-8H2,2-3H3/t9-,10-,11+,12+/m1/s1. The van der Waals surface area contributed by atoms with Crippen LogP contribution in [0.5, 0.6) is 0 Å². The Morgan fingerprint density at radius 1 is 1.57 bits per heavy atom. The normalized spacial score (nSPS) is 50.2. The molecule has 0 amide bonds. The summed E-state index contributed by atoms with van der Waals surface area (Å²) in [5.74, 6) is 0.911. The lowest BCUT2D eigenvalue weighted by molar-refractivity contribution is 0.0297. The van der Waals surface area contributed by atoms with Crippen molar-refractivity contribution in [1.29, 1.82) is 0 Å².